The highest BCUT2D eigenvalue weighted by atomic mass is 32.1. The van der Waals surface area contributed by atoms with Gasteiger partial charge in [0.25, 0.3) is 0 Å². The first kappa shape index (κ1) is 11.4. The lowest BCUT2D eigenvalue weighted by Gasteiger charge is -2.00. The van der Waals surface area contributed by atoms with Crippen LogP contribution in [0.4, 0.5) is 0 Å². The second-order valence-corrected chi connectivity index (χ2v) is 3.23. The molecule has 3 nitrogen and oxygen atoms in total. The maximum Gasteiger partial charge on any atom is 0.344 e. The number of rotatable bonds is 2. The van der Waals surface area contributed by atoms with Crippen LogP contribution in [0.3, 0.4) is 0 Å². The van der Waals surface area contributed by atoms with E-state index < -0.39 is 5.97 Å². The van der Waals surface area contributed by atoms with Crippen molar-refractivity contribution in [2.24, 2.45) is 0 Å². The molecule has 0 aliphatic heterocycles. The molecule has 0 fully saturated rings. The van der Waals surface area contributed by atoms with Crippen LogP contribution in [0.25, 0.3) is 0 Å². The highest BCUT2D eigenvalue weighted by molar-refractivity contribution is 7.66. The summed E-state index contributed by atoms with van der Waals surface area (Å²) < 4.78 is 15.4. The van der Waals surface area contributed by atoms with Gasteiger partial charge >= 0.3 is 5.97 Å². The van der Waals surface area contributed by atoms with E-state index in [0.29, 0.717) is 5.56 Å². The predicted octanol–water partition coefficient (Wildman–Crippen LogP) is 1.76. The van der Waals surface area contributed by atoms with Crippen molar-refractivity contribution in [2.75, 3.05) is 0 Å². The maximum atomic E-state index is 11.5. The third kappa shape index (κ3) is 3.52. The minimum atomic E-state index is -0.521. The number of allylic oxidation sites excluding steroid dienone is 1. The van der Waals surface area contributed by atoms with E-state index >= 15 is 0 Å². The molecule has 0 aromatic heterocycles. The molecule has 0 aliphatic rings. The second kappa shape index (κ2) is 5.93. The molecule has 0 spiro atoms. The van der Waals surface area contributed by atoms with Crippen LogP contribution in [-0.4, -0.2) is 15.2 Å². The molecule has 0 saturated heterocycles. The van der Waals surface area contributed by atoms with Crippen LogP contribution < -0.4 is 0 Å². The predicted molar refractivity (Wildman–Crippen MR) is 59.8 cm³/mol. The van der Waals surface area contributed by atoms with Crippen molar-refractivity contribution in [1.29, 1.82) is 0 Å². The van der Waals surface area contributed by atoms with E-state index in [0.717, 1.165) is 0 Å². The Balaban J connectivity index is 2.76. The van der Waals surface area contributed by atoms with Crippen molar-refractivity contribution in [3.05, 3.63) is 48.0 Å². The lowest BCUT2D eigenvalue weighted by molar-refractivity contribution is 0.0724. The summed E-state index contributed by atoms with van der Waals surface area (Å²) in [5.41, 5.74) is 0.425. The molecule has 0 atom stereocenters. The van der Waals surface area contributed by atoms with Crippen LogP contribution in [-0.2, 0) is 16.0 Å². The van der Waals surface area contributed by atoms with Gasteiger partial charge in [0.15, 0.2) is 0 Å². The molecule has 1 aromatic carbocycles. The van der Waals surface area contributed by atoms with E-state index in [4.69, 9.17) is 4.74 Å². The van der Waals surface area contributed by atoms with Crippen LogP contribution in [0.15, 0.2) is 42.5 Å². The van der Waals surface area contributed by atoms with Gasteiger partial charge in [-0.05, 0) is 25.1 Å². The summed E-state index contributed by atoms with van der Waals surface area (Å²) in [6.45, 7) is 1.74. The molecule has 4 heteroatoms. The number of esters is 1. The van der Waals surface area contributed by atoms with E-state index in [9.17, 15) is 9.00 Å². The van der Waals surface area contributed by atoms with Gasteiger partial charge in [0.05, 0.1) is 5.56 Å². The Morgan fingerprint density at radius 2 is 2.00 bits per heavy atom. The van der Waals surface area contributed by atoms with Gasteiger partial charge in [0.1, 0.15) is 11.3 Å². The van der Waals surface area contributed by atoms with E-state index in [-0.39, 0.29) is 16.3 Å². The fourth-order valence-corrected chi connectivity index (χ4v) is 1.24. The molecule has 15 heavy (non-hydrogen) atoms. The first-order valence-corrected chi connectivity index (χ1v) is 5.08. The fourth-order valence-electron chi connectivity index (χ4n) is 0.939. The molecule has 0 saturated carbocycles. The molecule has 0 N–H and O–H groups in total. The van der Waals surface area contributed by atoms with Crippen molar-refractivity contribution in [2.45, 2.75) is 6.92 Å². The summed E-state index contributed by atoms with van der Waals surface area (Å²) in [5.74, 6) is -0.521. The van der Waals surface area contributed by atoms with Crippen molar-refractivity contribution in [3.63, 3.8) is 0 Å². The number of ether oxygens (including phenoxy) is 1. The van der Waals surface area contributed by atoms with Crippen LogP contribution in [0, 0.1) is 0 Å². The molecule has 0 aliphatic carbocycles. The molecule has 0 unspecified atom stereocenters. The molecule has 1 rings (SSSR count). The molecule has 0 bridgehead atoms. The van der Waals surface area contributed by atoms with Crippen LogP contribution in [0.1, 0.15) is 17.3 Å². The fraction of sp³-hybridized carbons (Fsp3) is 0.0909. The molecule has 0 heterocycles. The Labute approximate surface area is 91.5 Å². The normalized spacial score (nSPS) is 9.93. The standard InChI is InChI=1S/C11H10O3S/c1-2-6-10(15-13)14-11(12)9-7-4-3-5-8-9/h2-8H,1H3. The van der Waals surface area contributed by atoms with Gasteiger partial charge in [0.2, 0.25) is 5.05 Å². The van der Waals surface area contributed by atoms with Crippen LogP contribution in [0.2, 0.25) is 0 Å². The summed E-state index contributed by atoms with van der Waals surface area (Å²) in [6, 6.07) is 8.53. The van der Waals surface area contributed by atoms with Gasteiger partial charge in [-0.15, -0.1) is 0 Å². The third-order valence-electron chi connectivity index (χ3n) is 1.59. The maximum absolute atomic E-state index is 11.5. The minimum absolute atomic E-state index is 0.0475. The SMILES string of the molecule is CC=CC(OC(=O)c1ccccc1)=S=O. The molecular weight excluding hydrogens is 212 g/mol. The zero-order valence-electron chi connectivity index (χ0n) is 8.17. The number of carbonyl (C=O) groups is 1. The first-order valence-electron chi connectivity index (χ1n) is 4.34. The summed E-state index contributed by atoms with van der Waals surface area (Å²) in [6.07, 6.45) is 3.09. The summed E-state index contributed by atoms with van der Waals surface area (Å²) in [7, 11) is 0. The van der Waals surface area contributed by atoms with E-state index in [1.165, 1.54) is 6.08 Å². The van der Waals surface area contributed by atoms with Gasteiger partial charge in [0, 0.05) is 0 Å². The highest BCUT2D eigenvalue weighted by Gasteiger charge is 2.07. The van der Waals surface area contributed by atoms with Gasteiger partial charge in [-0.25, -0.2) is 9.00 Å². The molecule has 1 aromatic rings. The van der Waals surface area contributed by atoms with Gasteiger partial charge in [-0.1, -0.05) is 24.3 Å². The minimum Gasteiger partial charge on any atom is -0.409 e. The molecule has 0 amide bonds. The largest absolute Gasteiger partial charge is 0.409 e. The lowest BCUT2D eigenvalue weighted by Crippen LogP contribution is -2.10. The summed E-state index contributed by atoms with van der Waals surface area (Å²) in [5, 5.41) is 0.0475. The molecule has 0 radical (unpaired) electrons. The Kier molecular flexibility index (Phi) is 4.50. The van der Waals surface area contributed by atoms with Crippen molar-refractivity contribution in [1.82, 2.24) is 0 Å². The third-order valence-corrected chi connectivity index (χ3v) is 1.97. The monoisotopic (exact) mass is 222 g/mol. The van der Waals surface area contributed by atoms with Crippen LogP contribution in [0.5, 0.6) is 0 Å². The van der Waals surface area contributed by atoms with E-state index in [2.05, 4.69) is 0 Å². The van der Waals surface area contributed by atoms with Crippen molar-refractivity contribution >= 4 is 22.3 Å². The number of carbonyl (C=O) groups excluding carboxylic acids is 1. The number of benzene rings is 1. The first-order chi connectivity index (χ1) is 7.27. The second-order valence-electron chi connectivity index (χ2n) is 2.66. The summed E-state index contributed by atoms with van der Waals surface area (Å²) in [4.78, 5) is 11.5. The zero-order valence-corrected chi connectivity index (χ0v) is 8.99. The van der Waals surface area contributed by atoms with Crippen molar-refractivity contribution in [3.8, 4) is 0 Å². The topological polar surface area (TPSA) is 43.4 Å². The van der Waals surface area contributed by atoms with Gasteiger partial charge in [-0.3, -0.25) is 0 Å². The Morgan fingerprint density at radius 1 is 1.33 bits per heavy atom. The van der Waals surface area contributed by atoms with Gasteiger partial charge < -0.3 is 4.74 Å². The lowest BCUT2D eigenvalue weighted by atomic mass is 10.2. The Morgan fingerprint density at radius 3 is 2.53 bits per heavy atom. The number of hydrogen-bond acceptors (Lipinski definition) is 3. The quantitative estimate of drug-likeness (QED) is 0.435. The Hall–Kier alpha value is -1.68. The van der Waals surface area contributed by atoms with E-state index in [1.54, 1.807) is 43.3 Å². The van der Waals surface area contributed by atoms with Crippen LogP contribution >= 0.6 is 0 Å². The van der Waals surface area contributed by atoms with Crippen molar-refractivity contribution < 1.29 is 13.7 Å². The highest BCUT2D eigenvalue weighted by Crippen LogP contribution is 2.01. The van der Waals surface area contributed by atoms with Gasteiger partial charge in [-0.2, -0.15) is 0 Å². The Bertz CT molecular complexity index is 417. The molecule has 78 valence electrons. The smallest absolute Gasteiger partial charge is 0.344 e. The average molecular weight is 222 g/mol. The van der Waals surface area contributed by atoms with E-state index in [1.807, 2.05) is 0 Å². The number of hydrogen-bond donors (Lipinski definition) is 0. The summed E-state index contributed by atoms with van der Waals surface area (Å²) >= 11 is 0.154. The molecular formula is C11H10O3S. The average Bonchev–Trinajstić information content (AvgIpc) is 2.29. The zero-order chi connectivity index (χ0) is 11.1.